The van der Waals surface area contributed by atoms with E-state index in [9.17, 15) is 25.9 Å². The van der Waals surface area contributed by atoms with Crippen molar-refractivity contribution in [3.8, 4) is 0 Å². The van der Waals surface area contributed by atoms with Gasteiger partial charge in [0, 0.05) is 59.8 Å². The van der Waals surface area contributed by atoms with Gasteiger partial charge in [-0.15, -0.1) is 0 Å². The van der Waals surface area contributed by atoms with Crippen LogP contribution in [0.1, 0.15) is 134 Å². The summed E-state index contributed by atoms with van der Waals surface area (Å²) >= 11 is 0. The molecule has 9 nitrogen and oxygen atoms in total. The lowest BCUT2D eigenvalue weighted by Gasteiger charge is -2.41. The molecule has 5 aromatic carbocycles. The Morgan fingerprint density at radius 1 is 0.696 bits per heavy atom. The second-order valence-corrected chi connectivity index (χ2v) is 22.6. The Kier molecular flexibility index (Phi) is 16.9. The van der Waals surface area contributed by atoms with Crippen LogP contribution in [-0.4, -0.2) is 67.7 Å². The molecule has 2 unspecified atom stereocenters. The summed E-state index contributed by atoms with van der Waals surface area (Å²) in [6.45, 7) is 18.0. The zero-order valence-electron chi connectivity index (χ0n) is 41.6. The average Bonchev–Trinajstić information content (AvgIpc) is 3.64. The summed E-state index contributed by atoms with van der Waals surface area (Å²) in [5.41, 5.74) is 12.8. The predicted octanol–water partition coefficient (Wildman–Crippen LogP) is 13.8. The molecule has 1 aliphatic heterocycles. The van der Waals surface area contributed by atoms with Crippen molar-refractivity contribution in [3.63, 3.8) is 0 Å². The molecule has 1 aliphatic carbocycles. The molecular formula is C58H72N3O6S2+. The van der Waals surface area contributed by atoms with Gasteiger partial charge in [0.15, 0.2) is 0 Å². The van der Waals surface area contributed by atoms with Gasteiger partial charge in [-0.25, -0.2) is 0 Å². The molecule has 0 bridgehead atoms. The van der Waals surface area contributed by atoms with E-state index in [0.717, 1.165) is 108 Å². The average molecular weight is 971 g/mol. The van der Waals surface area contributed by atoms with E-state index in [1.807, 2.05) is 30.3 Å². The molecule has 7 rings (SSSR count). The van der Waals surface area contributed by atoms with E-state index in [2.05, 4.69) is 142 Å². The fourth-order valence-electron chi connectivity index (χ4n) is 10.0. The van der Waals surface area contributed by atoms with Gasteiger partial charge in [0.2, 0.25) is 11.4 Å². The van der Waals surface area contributed by atoms with Gasteiger partial charge in [-0.3, -0.25) is 9.11 Å². The lowest BCUT2D eigenvalue weighted by atomic mass is 9.81. The van der Waals surface area contributed by atoms with Crippen LogP contribution < -0.4 is 9.80 Å². The Bertz CT molecular complexity index is 2890. The van der Waals surface area contributed by atoms with Crippen LogP contribution in [0, 0.1) is 11.8 Å². The first-order chi connectivity index (χ1) is 33.0. The van der Waals surface area contributed by atoms with Crippen molar-refractivity contribution < 1.29 is 30.5 Å². The molecule has 366 valence electrons. The Balaban J connectivity index is 1.48. The molecule has 1 heterocycles. The number of benzene rings is 5. The summed E-state index contributed by atoms with van der Waals surface area (Å²) in [5.74, 6) is 0.994. The molecule has 69 heavy (non-hydrogen) atoms. The van der Waals surface area contributed by atoms with E-state index in [4.69, 9.17) is 0 Å². The molecule has 0 spiro atoms. The molecule has 0 aromatic heterocycles. The van der Waals surface area contributed by atoms with E-state index in [1.54, 1.807) is 12.1 Å². The van der Waals surface area contributed by atoms with E-state index in [0.29, 0.717) is 42.3 Å². The number of rotatable bonds is 21. The van der Waals surface area contributed by atoms with Gasteiger partial charge >= 0.3 is 0 Å². The molecular weight excluding hydrogens is 899 g/mol. The minimum atomic E-state index is -4.61. The third kappa shape index (κ3) is 12.3. The fraction of sp³-hybridized carbons (Fsp3) is 0.397. The quantitative estimate of drug-likeness (QED) is 0.0323. The Hall–Kier alpha value is -5.33. The van der Waals surface area contributed by atoms with Crippen LogP contribution in [0.25, 0.3) is 11.1 Å². The lowest BCUT2D eigenvalue weighted by Crippen LogP contribution is -2.42. The summed E-state index contributed by atoms with van der Waals surface area (Å²) in [4.78, 5) is 4.78. The van der Waals surface area contributed by atoms with Crippen LogP contribution in [0.3, 0.4) is 0 Å². The summed E-state index contributed by atoms with van der Waals surface area (Å²) in [7, 11) is -8.78. The van der Waals surface area contributed by atoms with Crippen molar-refractivity contribution >= 4 is 59.8 Å². The minimum Gasteiger partial charge on any atom is -0.368 e. The first-order valence-electron chi connectivity index (χ1n) is 25.0. The van der Waals surface area contributed by atoms with Crippen LogP contribution in [0.2, 0.25) is 0 Å². The van der Waals surface area contributed by atoms with Gasteiger partial charge < -0.3 is 9.80 Å². The van der Waals surface area contributed by atoms with Gasteiger partial charge in [0.1, 0.15) is 6.54 Å². The number of fused-ring (bicyclic) bond motifs is 1. The standard InChI is InChI=1S/C58H71N3O6S2/c1-8-10-34-59(51-21-17-20-47(38-51)41(3)4)49-28-24-44(25-29-49)56(45-26-30-50(31-27-45)60(35-11-9-2)55-39-48(42(5)6)23-22-43(55)7)57-53-40-52(69(65,66)67)32-33-54(53)61(36-15-16-37-68(62,63)64)58(57)46-18-13-12-14-19-46/h12-14,17-21,23-33,38,40-43,55H,8-11,15-16,22,34-37,39H2,1-7H3,(H-,62,63,64,65,66,67)/p+1. The molecule has 5 aromatic rings. The van der Waals surface area contributed by atoms with Crippen LogP contribution in [0.4, 0.5) is 22.7 Å². The minimum absolute atomic E-state index is 0.220. The summed E-state index contributed by atoms with van der Waals surface area (Å²) in [5, 5.41) is 0. The van der Waals surface area contributed by atoms with Gasteiger partial charge in [0.25, 0.3) is 20.2 Å². The number of nitrogens with zero attached hydrogens (tertiary/aromatic N) is 3. The smallest absolute Gasteiger partial charge is 0.294 e. The summed E-state index contributed by atoms with van der Waals surface area (Å²) < 4.78 is 71.9. The normalized spacial score (nSPS) is 17.1. The zero-order chi connectivity index (χ0) is 49.5. The highest BCUT2D eigenvalue weighted by Crippen LogP contribution is 2.45. The summed E-state index contributed by atoms with van der Waals surface area (Å²) in [6, 6.07) is 41.4. The number of unbranched alkanes of at least 4 members (excludes halogenated alkanes) is 3. The fourth-order valence-corrected chi connectivity index (χ4v) is 11.1. The topological polar surface area (TPSA) is 118 Å². The SMILES string of the molecule is CCCCN(c1ccc(/C(=C2/C(c3ccccc3)=[N+](CCCCS(=O)(=O)O)c3ccc(S(=O)(=O)O)cc32)c2ccc(N(CCCC)C3CC(C(C)C)=CCC3C)cc2)cc1)c1cccc(C(C)C)c1. The highest BCUT2D eigenvalue weighted by Gasteiger charge is 2.39. The van der Waals surface area contributed by atoms with Crippen molar-refractivity contribution in [1.82, 2.24) is 0 Å². The highest BCUT2D eigenvalue weighted by molar-refractivity contribution is 7.86. The first-order valence-corrected chi connectivity index (χ1v) is 28.1. The van der Waals surface area contributed by atoms with Crippen LogP contribution in [0.15, 0.2) is 138 Å². The number of hydrogen-bond donors (Lipinski definition) is 2. The maximum absolute atomic E-state index is 13.0. The van der Waals surface area contributed by atoms with Crippen LogP contribution in [-0.2, 0) is 20.2 Å². The van der Waals surface area contributed by atoms with Crippen molar-refractivity contribution in [2.75, 3.05) is 35.2 Å². The Morgan fingerprint density at radius 2 is 1.35 bits per heavy atom. The maximum atomic E-state index is 13.0. The molecule has 0 saturated carbocycles. The van der Waals surface area contributed by atoms with E-state index in [1.165, 1.54) is 17.2 Å². The summed E-state index contributed by atoms with van der Waals surface area (Å²) in [6.07, 6.45) is 9.41. The first kappa shape index (κ1) is 51.5. The zero-order valence-corrected chi connectivity index (χ0v) is 43.2. The van der Waals surface area contributed by atoms with Crippen LogP contribution >= 0.6 is 0 Å². The van der Waals surface area contributed by atoms with E-state index >= 15 is 0 Å². The number of hydrogen-bond acceptors (Lipinski definition) is 6. The lowest BCUT2D eigenvalue weighted by molar-refractivity contribution is -0.436. The maximum Gasteiger partial charge on any atom is 0.294 e. The third-order valence-electron chi connectivity index (χ3n) is 14.0. The number of allylic oxidation sites excluding steroid dienone is 2. The second kappa shape index (κ2) is 22.6. The van der Waals surface area contributed by atoms with Gasteiger partial charge in [-0.1, -0.05) is 128 Å². The third-order valence-corrected chi connectivity index (χ3v) is 15.6. The van der Waals surface area contributed by atoms with Crippen LogP contribution in [0.5, 0.6) is 0 Å². The predicted molar refractivity (Wildman–Crippen MR) is 286 cm³/mol. The molecule has 0 amide bonds. The van der Waals surface area contributed by atoms with Crippen molar-refractivity contribution in [2.45, 2.75) is 117 Å². The van der Waals surface area contributed by atoms with Gasteiger partial charge in [-0.05, 0) is 127 Å². The molecule has 0 saturated heterocycles. The molecule has 2 atom stereocenters. The molecule has 11 heteroatoms. The highest BCUT2D eigenvalue weighted by atomic mass is 32.2. The van der Waals surface area contributed by atoms with Crippen molar-refractivity contribution in [1.29, 1.82) is 0 Å². The second-order valence-electron chi connectivity index (χ2n) is 19.6. The Morgan fingerprint density at radius 3 is 1.96 bits per heavy atom. The number of anilines is 3. The van der Waals surface area contributed by atoms with E-state index in [-0.39, 0.29) is 17.1 Å². The molecule has 0 fully saturated rings. The van der Waals surface area contributed by atoms with Crippen molar-refractivity contribution in [2.24, 2.45) is 11.8 Å². The largest absolute Gasteiger partial charge is 0.368 e. The van der Waals surface area contributed by atoms with Crippen molar-refractivity contribution in [3.05, 3.63) is 161 Å². The van der Waals surface area contributed by atoms with E-state index < -0.39 is 20.2 Å². The monoisotopic (exact) mass is 970 g/mol. The molecule has 0 radical (unpaired) electrons. The molecule has 2 N–H and O–H groups in total. The van der Waals surface area contributed by atoms with Gasteiger partial charge in [-0.2, -0.15) is 21.4 Å². The Labute approximate surface area is 412 Å². The van der Waals surface area contributed by atoms with Gasteiger partial charge in [0.05, 0.1) is 21.8 Å². The molecule has 2 aliphatic rings.